The lowest BCUT2D eigenvalue weighted by molar-refractivity contribution is -0.149. The summed E-state index contributed by atoms with van der Waals surface area (Å²) in [4.78, 5) is 42.8. The van der Waals surface area contributed by atoms with E-state index in [1.165, 1.54) is 0 Å². The zero-order valence-corrected chi connectivity index (χ0v) is 22.7. The van der Waals surface area contributed by atoms with Crippen LogP contribution in [0.15, 0.2) is 60.7 Å². The fraction of sp³-hybridized carbons (Fsp3) is 0.345. The number of allylic oxidation sites excluding steroid dienone is 2. The summed E-state index contributed by atoms with van der Waals surface area (Å²) in [6.07, 6.45) is 6.11. The van der Waals surface area contributed by atoms with Gasteiger partial charge in [0.25, 0.3) is 5.91 Å². The molecule has 38 heavy (non-hydrogen) atoms. The van der Waals surface area contributed by atoms with Crippen molar-refractivity contribution in [1.82, 2.24) is 20.1 Å². The van der Waals surface area contributed by atoms with E-state index in [2.05, 4.69) is 15.4 Å². The van der Waals surface area contributed by atoms with Crippen molar-refractivity contribution < 1.29 is 19.1 Å². The number of ether oxygens (including phenoxy) is 1. The summed E-state index contributed by atoms with van der Waals surface area (Å²) in [5, 5.41) is 7.64. The van der Waals surface area contributed by atoms with Crippen LogP contribution < -0.4 is 5.32 Å². The van der Waals surface area contributed by atoms with Crippen LogP contribution in [0.2, 0.25) is 5.02 Å². The van der Waals surface area contributed by atoms with Gasteiger partial charge in [0, 0.05) is 31.3 Å². The maximum absolute atomic E-state index is 13.4. The van der Waals surface area contributed by atoms with E-state index in [-0.39, 0.29) is 24.0 Å². The number of aromatic nitrogens is 3. The smallest absolute Gasteiger partial charge is 0.316 e. The molecule has 3 aromatic rings. The van der Waals surface area contributed by atoms with Crippen molar-refractivity contribution in [2.45, 2.75) is 47.0 Å². The summed E-state index contributed by atoms with van der Waals surface area (Å²) in [5.41, 5.74) is 2.45. The highest BCUT2D eigenvalue weighted by atomic mass is 35.5. The van der Waals surface area contributed by atoms with Gasteiger partial charge in [-0.15, -0.1) is 0 Å². The Morgan fingerprint density at radius 3 is 2.63 bits per heavy atom. The molecule has 0 aliphatic heterocycles. The number of Topliss-reactive ketones (excluding diaryl/α,β-unsaturated/α-hetero) is 1. The van der Waals surface area contributed by atoms with Crippen molar-refractivity contribution >= 4 is 34.8 Å². The van der Waals surface area contributed by atoms with Gasteiger partial charge in [0.05, 0.1) is 27.9 Å². The molecular formula is C29H31ClN4O4. The normalized spacial score (nSPS) is 15.6. The minimum Gasteiger partial charge on any atom is -0.430 e. The van der Waals surface area contributed by atoms with Crippen LogP contribution in [0.25, 0.3) is 11.3 Å². The van der Waals surface area contributed by atoms with Gasteiger partial charge in [-0.25, -0.2) is 4.68 Å². The van der Waals surface area contributed by atoms with Gasteiger partial charge in [-0.3, -0.25) is 19.4 Å². The van der Waals surface area contributed by atoms with Crippen LogP contribution in [0.4, 0.5) is 0 Å². The zero-order chi connectivity index (χ0) is 27.4. The van der Waals surface area contributed by atoms with Gasteiger partial charge in [0.2, 0.25) is 0 Å². The van der Waals surface area contributed by atoms with Crippen molar-refractivity contribution in [2.75, 3.05) is 6.54 Å². The molecule has 198 valence electrons. The topological polar surface area (TPSA) is 103 Å². The summed E-state index contributed by atoms with van der Waals surface area (Å²) < 4.78 is 7.62. The van der Waals surface area contributed by atoms with E-state index in [1.807, 2.05) is 25.1 Å². The summed E-state index contributed by atoms with van der Waals surface area (Å²) in [5.74, 6) is -0.779. The number of rotatable bonds is 8. The maximum atomic E-state index is 13.4. The van der Waals surface area contributed by atoms with Crippen LogP contribution in [-0.2, 0) is 20.7 Å². The number of amides is 1. The number of carbonyl (C=O) groups excluding carboxylic acids is 3. The Morgan fingerprint density at radius 1 is 1.21 bits per heavy atom. The highest BCUT2D eigenvalue weighted by molar-refractivity contribution is 6.30. The fourth-order valence-electron chi connectivity index (χ4n) is 4.31. The fourth-order valence-corrected chi connectivity index (χ4v) is 4.45. The van der Waals surface area contributed by atoms with E-state index in [4.69, 9.17) is 16.3 Å². The predicted molar refractivity (Wildman–Crippen MR) is 145 cm³/mol. The van der Waals surface area contributed by atoms with E-state index in [1.54, 1.807) is 62.2 Å². The number of pyridine rings is 1. The first kappa shape index (κ1) is 27.3. The number of esters is 1. The van der Waals surface area contributed by atoms with Crippen LogP contribution in [0.3, 0.4) is 0 Å². The molecule has 9 heteroatoms. The molecule has 0 fully saturated rings. The molecule has 1 aliphatic carbocycles. The highest BCUT2D eigenvalue weighted by Crippen LogP contribution is 2.40. The number of benzene rings is 1. The first-order valence-electron chi connectivity index (χ1n) is 12.6. The minimum absolute atomic E-state index is 0.0904. The molecular weight excluding hydrogens is 504 g/mol. The Bertz CT molecular complexity index is 1390. The quantitative estimate of drug-likeness (QED) is 0.399. The first-order chi connectivity index (χ1) is 18.1. The molecule has 8 nitrogen and oxygen atoms in total. The lowest BCUT2D eigenvalue weighted by Crippen LogP contribution is -2.28. The number of aryl methyl sites for hydroxylation is 1. The molecule has 2 heterocycles. The number of nitrogens with one attached hydrogen (secondary N) is 1. The molecule has 4 rings (SSSR count). The predicted octanol–water partition coefficient (Wildman–Crippen LogP) is 5.19. The molecule has 1 unspecified atom stereocenters. The van der Waals surface area contributed by atoms with Crippen molar-refractivity contribution in [2.24, 2.45) is 11.3 Å². The van der Waals surface area contributed by atoms with Gasteiger partial charge in [0.15, 0.2) is 5.78 Å². The summed E-state index contributed by atoms with van der Waals surface area (Å²) in [6, 6.07) is 10.8. The summed E-state index contributed by atoms with van der Waals surface area (Å²) in [6.45, 7) is 7.63. The SMILES string of the molecule is CCc1cc(-n2cc(Cl)cn2)ccc1C1=C(OC(=O)C(C)(C)C)C(CCNC(=O)c2ccccn2)CC1=O. The third-order valence-electron chi connectivity index (χ3n) is 6.37. The molecule has 0 spiro atoms. The number of nitrogens with zero attached hydrogens (tertiary/aromatic N) is 3. The lowest BCUT2D eigenvalue weighted by atomic mass is 9.95. The second kappa shape index (κ2) is 11.3. The highest BCUT2D eigenvalue weighted by Gasteiger charge is 2.38. The number of carbonyl (C=O) groups is 3. The molecule has 0 bridgehead atoms. The van der Waals surface area contributed by atoms with E-state index in [0.29, 0.717) is 41.4 Å². The van der Waals surface area contributed by atoms with Crippen LogP contribution in [-0.4, -0.2) is 39.0 Å². The molecule has 1 N–H and O–H groups in total. The molecule has 2 aromatic heterocycles. The molecule has 1 aliphatic rings. The lowest BCUT2D eigenvalue weighted by Gasteiger charge is -2.21. The van der Waals surface area contributed by atoms with E-state index in [0.717, 1.165) is 16.8 Å². The second-order valence-corrected chi connectivity index (χ2v) is 10.7. The Hall–Kier alpha value is -3.78. The number of hydrogen-bond donors (Lipinski definition) is 1. The van der Waals surface area contributed by atoms with E-state index < -0.39 is 11.4 Å². The Morgan fingerprint density at radius 2 is 2.00 bits per heavy atom. The number of ketones is 1. The molecule has 0 radical (unpaired) electrons. The van der Waals surface area contributed by atoms with Crippen LogP contribution in [0.1, 0.15) is 62.2 Å². The van der Waals surface area contributed by atoms with Gasteiger partial charge in [-0.05, 0) is 69.0 Å². The van der Waals surface area contributed by atoms with Crippen molar-refractivity contribution in [3.05, 3.63) is 82.6 Å². The first-order valence-corrected chi connectivity index (χ1v) is 13.0. The molecule has 1 aromatic carbocycles. The van der Waals surface area contributed by atoms with Crippen molar-refractivity contribution in [3.63, 3.8) is 0 Å². The Kier molecular flexibility index (Phi) is 8.11. The molecule has 0 saturated carbocycles. The minimum atomic E-state index is -0.752. The zero-order valence-electron chi connectivity index (χ0n) is 22.0. The standard InChI is InChI=1S/C29H31ClN4O4/c1-5-18-14-21(34-17-20(30)16-33-34)9-10-22(18)25-24(35)15-19(26(25)38-28(37)29(2,3)4)11-13-32-27(36)23-8-6-7-12-31-23/h6-10,12,14,16-17,19H,5,11,13,15H2,1-4H3,(H,32,36). The third kappa shape index (κ3) is 6.02. The van der Waals surface area contributed by atoms with Gasteiger partial charge < -0.3 is 10.1 Å². The van der Waals surface area contributed by atoms with Crippen molar-refractivity contribution in [3.8, 4) is 5.69 Å². The second-order valence-electron chi connectivity index (χ2n) is 10.3. The van der Waals surface area contributed by atoms with Gasteiger partial charge in [-0.2, -0.15) is 5.10 Å². The molecule has 1 atom stereocenters. The monoisotopic (exact) mass is 534 g/mol. The summed E-state index contributed by atoms with van der Waals surface area (Å²) >= 11 is 6.04. The van der Waals surface area contributed by atoms with E-state index >= 15 is 0 Å². The Labute approximate surface area is 227 Å². The third-order valence-corrected chi connectivity index (χ3v) is 6.57. The Balaban J connectivity index is 1.65. The average Bonchev–Trinajstić information content (AvgIpc) is 3.46. The van der Waals surface area contributed by atoms with Gasteiger partial charge in [0.1, 0.15) is 11.5 Å². The van der Waals surface area contributed by atoms with Crippen molar-refractivity contribution in [1.29, 1.82) is 0 Å². The van der Waals surface area contributed by atoms with Gasteiger partial charge >= 0.3 is 5.97 Å². The molecule has 0 saturated heterocycles. The van der Waals surface area contributed by atoms with Crippen LogP contribution in [0.5, 0.6) is 0 Å². The maximum Gasteiger partial charge on any atom is 0.316 e. The number of hydrogen-bond acceptors (Lipinski definition) is 6. The summed E-state index contributed by atoms with van der Waals surface area (Å²) in [7, 11) is 0. The van der Waals surface area contributed by atoms with Crippen LogP contribution in [0, 0.1) is 11.3 Å². The average molecular weight is 535 g/mol. The van der Waals surface area contributed by atoms with Crippen LogP contribution >= 0.6 is 11.6 Å². The largest absolute Gasteiger partial charge is 0.430 e. The van der Waals surface area contributed by atoms with Gasteiger partial charge in [-0.1, -0.05) is 30.7 Å². The molecule has 1 amide bonds. The van der Waals surface area contributed by atoms with E-state index in [9.17, 15) is 14.4 Å². The number of halogens is 1.